The second-order valence-corrected chi connectivity index (χ2v) is 6.47. The number of carboxylic acids is 1. The molecule has 0 aromatic heterocycles. The molecule has 0 radical (unpaired) electrons. The average molecular weight is 162 g/mol. The molecular formula is C7H15O2P. The van der Waals surface area contributed by atoms with Crippen molar-refractivity contribution in [2.24, 2.45) is 0 Å². The number of rotatable bonds is 2. The SMILES string of the molecule is C[P@@](CC(=O)O)C(C)(C)C. The molecule has 0 bridgehead atoms. The highest BCUT2D eigenvalue weighted by Crippen LogP contribution is 2.45. The predicted octanol–water partition coefficient (Wildman–Crippen LogP) is 1.98. The first-order chi connectivity index (χ1) is 4.34. The van der Waals surface area contributed by atoms with Crippen molar-refractivity contribution in [2.45, 2.75) is 25.9 Å². The lowest BCUT2D eigenvalue weighted by Crippen LogP contribution is -2.16. The fourth-order valence-corrected chi connectivity index (χ4v) is 1.32. The number of carbonyl (C=O) groups is 1. The Morgan fingerprint density at radius 3 is 2.00 bits per heavy atom. The number of aliphatic carboxylic acids is 1. The van der Waals surface area contributed by atoms with Gasteiger partial charge in [-0.2, -0.15) is 0 Å². The zero-order chi connectivity index (χ0) is 8.36. The molecule has 0 aliphatic rings. The maximum Gasteiger partial charge on any atom is 0.307 e. The zero-order valence-corrected chi connectivity index (χ0v) is 7.90. The van der Waals surface area contributed by atoms with E-state index in [2.05, 4.69) is 20.8 Å². The summed E-state index contributed by atoms with van der Waals surface area (Å²) in [5.41, 5.74) is 0. The normalized spacial score (nSPS) is 14.8. The van der Waals surface area contributed by atoms with Crippen molar-refractivity contribution in [1.82, 2.24) is 0 Å². The van der Waals surface area contributed by atoms with E-state index in [0.29, 0.717) is 6.16 Å². The van der Waals surface area contributed by atoms with Crippen molar-refractivity contribution in [3.63, 3.8) is 0 Å². The maximum absolute atomic E-state index is 10.3. The van der Waals surface area contributed by atoms with Gasteiger partial charge in [-0.1, -0.05) is 28.7 Å². The highest BCUT2D eigenvalue weighted by atomic mass is 31.1. The molecule has 0 heterocycles. The summed E-state index contributed by atoms with van der Waals surface area (Å²) in [5, 5.41) is 8.64. The molecule has 0 amide bonds. The van der Waals surface area contributed by atoms with Gasteiger partial charge in [0.1, 0.15) is 0 Å². The molecule has 3 heteroatoms. The molecule has 2 nitrogen and oxygen atoms in total. The van der Waals surface area contributed by atoms with Crippen LogP contribution in [0.5, 0.6) is 0 Å². The fourth-order valence-electron chi connectivity index (χ4n) is 0.440. The van der Waals surface area contributed by atoms with Gasteiger partial charge in [0, 0.05) is 0 Å². The maximum atomic E-state index is 10.3. The quantitative estimate of drug-likeness (QED) is 0.630. The Bertz CT molecular complexity index is 126. The molecule has 0 unspecified atom stereocenters. The highest BCUT2D eigenvalue weighted by Gasteiger charge is 2.21. The first-order valence-electron chi connectivity index (χ1n) is 3.27. The second-order valence-electron chi connectivity index (χ2n) is 3.42. The van der Waals surface area contributed by atoms with Gasteiger partial charge in [0.15, 0.2) is 0 Å². The number of carboxylic acid groups (broad SMARTS) is 1. The summed E-state index contributed by atoms with van der Waals surface area (Å²) in [6.45, 7) is 8.29. The summed E-state index contributed by atoms with van der Waals surface area (Å²) < 4.78 is 0. The fraction of sp³-hybridized carbons (Fsp3) is 0.857. The minimum Gasteiger partial charge on any atom is -0.481 e. The van der Waals surface area contributed by atoms with Gasteiger partial charge in [0.05, 0.1) is 6.16 Å². The van der Waals surface area contributed by atoms with Crippen LogP contribution >= 0.6 is 7.92 Å². The molecule has 0 saturated heterocycles. The summed E-state index contributed by atoms with van der Waals surface area (Å²) in [6.07, 6.45) is 0.332. The first kappa shape index (κ1) is 9.90. The van der Waals surface area contributed by atoms with Crippen molar-refractivity contribution >= 4 is 13.9 Å². The first-order valence-corrected chi connectivity index (χ1v) is 5.24. The Labute approximate surface area is 63.4 Å². The summed E-state index contributed by atoms with van der Waals surface area (Å²) in [7, 11) is -0.361. The Hall–Kier alpha value is -0.100. The van der Waals surface area contributed by atoms with Crippen LogP contribution in [-0.4, -0.2) is 29.1 Å². The third-order valence-corrected chi connectivity index (χ3v) is 4.55. The summed E-state index contributed by atoms with van der Waals surface area (Å²) in [6, 6.07) is 0. The molecule has 1 N–H and O–H groups in total. The minimum absolute atomic E-state index is 0.174. The van der Waals surface area contributed by atoms with Crippen LogP contribution in [0.25, 0.3) is 0 Å². The van der Waals surface area contributed by atoms with Gasteiger partial charge in [-0.15, -0.1) is 0 Å². The molecule has 0 aliphatic heterocycles. The van der Waals surface area contributed by atoms with Gasteiger partial charge in [0.2, 0.25) is 0 Å². The van der Waals surface area contributed by atoms with Gasteiger partial charge < -0.3 is 5.11 Å². The summed E-state index contributed by atoms with van der Waals surface area (Å²) in [4.78, 5) is 10.3. The summed E-state index contributed by atoms with van der Waals surface area (Å²) in [5.74, 6) is -0.677. The van der Waals surface area contributed by atoms with Gasteiger partial charge in [-0.3, -0.25) is 4.79 Å². The third kappa shape index (κ3) is 3.84. The van der Waals surface area contributed by atoms with Crippen LogP contribution in [0.1, 0.15) is 20.8 Å². The van der Waals surface area contributed by atoms with E-state index in [1.54, 1.807) is 0 Å². The van der Waals surface area contributed by atoms with Crippen LogP contribution in [-0.2, 0) is 4.79 Å². The van der Waals surface area contributed by atoms with Crippen molar-refractivity contribution in [3.8, 4) is 0 Å². The molecule has 0 aromatic rings. The average Bonchev–Trinajstić information content (AvgIpc) is 1.60. The lowest BCUT2D eigenvalue weighted by Gasteiger charge is -2.26. The van der Waals surface area contributed by atoms with E-state index in [1.165, 1.54) is 0 Å². The largest absolute Gasteiger partial charge is 0.481 e. The van der Waals surface area contributed by atoms with E-state index in [1.807, 2.05) is 6.66 Å². The van der Waals surface area contributed by atoms with E-state index < -0.39 is 5.97 Å². The summed E-state index contributed by atoms with van der Waals surface area (Å²) >= 11 is 0. The van der Waals surface area contributed by atoms with Crippen molar-refractivity contribution < 1.29 is 9.90 Å². The smallest absolute Gasteiger partial charge is 0.307 e. The van der Waals surface area contributed by atoms with Crippen molar-refractivity contribution in [2.75, 3.05) is 12.8 Å². The predicted molar refractivity (Wildman–Crippen MR) is 45.1 cm³/mol. The van der Waals surface area contributed by atoms with Crippen LogP contribution in [0.3, 0.4) is 0 Å². The molecule has 0 rings (SSSR count). The number of hydrogen-bond donors (Lipinski definition) is 1. The van der Waals surface area contributed by atoms with Gasteiger partial charge in [-0.25, -0.2) is 0 Å². The Balaban J connectivity index is 3.85. The Kier molecular flexibility index (Phi) is 3.30. The van der Waals surface area contributed by atoms with Crippen LogP contribution in [0, 0.1) is 0 Å². The highest BCUT2D eigenvalue weighted by molar-refractivity contribution is 7.59. The number of hydrogen-bond acceptors (Lipinski definition) is 1. The van der Waals surface area contributed by atoms with Gasteiger partial charge in [-0.05, 0) is 11.8 Å². The Morgan fingerprint density at radius 2 is 1.90 bits per heavy atom. The second kappa shape index (κ2) is 3.34. The molecule has 60 valence electrons. The van der Waals surface area contributed by atoms with E-state index in [0.717, 1.165) is 0 Å². The van der Waals surface area contributed by atoms with Crippen LogP contribution in [0.2, 0.25) is 0 Å². The van der Waals surface area contributed by atoms with E-state index in [-0.39, 0.29) is 13.1 Å². The standard InChI is InChI=1S/C7H15O2P/c1-7(2,3)10(4)5-6(8)9/h5H2,1-4H3,(H,8,9)/t10-/m0/s1. The van der Waals surface area contributed by atoms with E-state index >= 15 is 0 Å². The van der Waals surface area contributed by atoms with Crippen LogP contribution < -0.4 is 0 Å². The third-order valence-electron chi connectivity index (χ3n) is 1.52. The molecule has 0 aromatic carbocycles. The molecule has 1 atom stereocenters. The molecular weight excluding hydrogens is 147 g/mol. The van der Waals surface area contributed by atoms with Gasteiger partial charge in [0.25, 0.3) is 0 Å². The zero-order valence-electron chi connectivity index (χ0n) is 7.01. The van der Waals surface area contributed by atoms with E-state index in [9.17, 15) is 4.79 Å². The molecule has 10 heavy (non-hydrogen) atoms. The van der Waals surface area contributed by atoms with Crippen molar-refractivity contribution in [3.05, 3.63) is 0 Å². The van der Waals surface area contributed by atoms with Crippen LogP contribution in [0.4, 0.5) is 0 Å². The molecule has 0 saturated carbocycles. The van der Waals surface area contributed by atoms with Gasteiger partial charge >= 0.3 is 5.97 Å². The molecule has 0 spiro atoms. The lowest BCUT2D eigenvalue weighted by molar-refractivity contribution is -0.134. The lowest BCUT2D eigenvalue weighted by atomic mass is 10.3. The molecule has 0 fully saturated rings. The van der Waals surface area contributed by atoms with Crippen LogP contribution in [0.15, 0.2) is 0 Å². The topological polar surface area (TPSA) is 37.3 Å². The molecule has 0 aliphatic carbocycles. The van der Waals surface area contributed by atoms with E-state index in [4.69, 9.17) is 5.11 Å². The monoisotopic (exact) mass is 162 g/mol. The minimum atomic E-state index is -0.677. The Morgan fingerprint density at radius 1 is 1.50 bits per heavy atom. The van der Waals surface area contributed by atoms with Crippen molar-refractivity contribution in [1.29, 1.82) is 0 Å².